The summed E-state index contributed by atoms with van der Waals surface area (Å²) in [7, 11) is 3.45. The van der Waals surface area contributed by atoms with E-state index in [-0.39, 0.29) is 6.61 Å². The minimum absolute atomic E-state index is 0.0286. The van der Waals surface area contributed by atoms with Gasteiger partial charge in [0.05, 0.1) is 13.7 Å². The Kier molecular flexibility index (Phi) is 4.01. The van der Waals surface area contributed by atoms with Gasteiger partial charge in [-0.05, 0) is 24.6 Å². The van der Waals surface area contributed by atoms with Crippen molar-refractivity contribution in [3.05, 3.63) is 35.4 Å². The van der Waals surface area contributed by atoms with Gasteiger partial charge in [0.25, 0.3) is 0 Å². The molecule has 0 aliphatic carbocycles. The molecule has 1 aromatic carbocycles. The summed E-state index contributed by atoms with van der Waals surface area (Å²) in [5, 5.41) is 17.1. The summed E-state index contributed by atoms with van der Waals surface area (Å²) in [6.07, 6.45) is 0. The standard InChI is InChI=1S/C13H17N3O3/c1-9-14-15-13(16(9)2)8-19-11-5-4-10(7-17)6-12(11)18-3/h4-6,17H,7-8H2,1-3H3. The van der Waals surface area contributed by atoms with Crippen LogP contribution in [0.1, 0.15) is 17.2 Å². The van der Waals surface area contributed by atoms with Crippen molar-refractivity contribution in [3.63, 3.8) is 0 Å². The monoisotopic (exact) mass is 263 g/mol. The second kappa shape index (κ2) is 5.71. The van der Waals surface area contributed by atoms with Crippen LogP contribution in [0.15, 0.2) is 18.2 Å². The molecule has 1 aromatic heterocycles. The number of methoxy groups -OCH3 is 1. The van der Waals surface area contributed by atoms with E-state index in [9.17, 15) is 0 Å². The summed E-state index contributed by atoms with van der Waals surface area (Å²) >= 11 is 0. The highest BCUT2D eigenvalue weighted by Crippen LogP contribution is 2.28. The van der Waals surface area contributed by atoms with E-state index < -0.39 is 0 Å². The van der Waals surface area contributed by atoms with Crippen LogP contribution in [0.4, 0.5) is 0 Å². The maximum Gasteiger partial charge on any atom is 0.170 e. The van der Waals surface area contributed by atoms with Gasteiger partial charge in [0.2, 0.25) is 0 Å². The Morgan fingerprint density at radius 1 is 1.26 bits per heavy atom. The van der Waals surface area contributed by atoms with Gasteiger partial charge in [0.1, 0.15) is 12.4 Å². The SMILES string of the molecule is COc1cc(CO)ccc1OCc1nnc(C)n1C. The number of aliphatic hydroxyl groups is 1. The number of nitrogens with zero attached hydrogens (tertiary/aromatic N) is 3. The minimum Gasteiger partial charge on any atom is -0.493 e. The highest BCUT2D eigenvalue weighted by Gasteiger charge is 2.09. The molecule has 0 unspecified atom stereocenters. The van der Waals surface area contributed by atoms with Crippen LogP contribution in [0.25, 0.3) is 0 Å². The van der Waals surface area contributed by atoms with Gasteiger partial charge in [-0.3, -0.25) is 0 Å². The van der Waals surface area contributed by atoms with E-state index >= 15 is 0 Å². The molecule has 1 N–H and O–H groups in total. The Morgan fingerprint density at radius 3 is 2.63 bits per heavy atom. The first-order chi connectivity index (χ1) is 9.15. The van der Waals surface area contributed by atoms with Crippen molar-refractivity contribution in [2.75, 3.05) is 7.11 Å². The first-order valence-corrected chi connectivity index (χ1v) is 5.91. The summed E-state index contributed by atoms with van der Waals surface area (Å²) < 4.78 is 12.8. The van der Waals surface area contributed by atoms with Crippen molar-refractivity contribution < 1.29 is 14.6 Å². The van der Waals surface area contributed by atoms with Gasteiger partial charge in [-0.2, -0.15) is 0 Å². The average molecular weight is 263 g/mol. The fraction of sp³-hybridized carbons (Fsp3) is 0.385. The molecule has 0 fully saturated rings. The third-order valence-corrected chi connectivity index (χ3v) is 2.95. The third kappa shape index (κ3) is 2.85. The fourth-order valence-corrected chi connectivity index (χ4v) is 1.65. The van der Waals surface area contributed by atoms with Crippen molar-refractivity contribution in [3.8, 4) is 11.5 Å². The Labute approximate surface area is 111 Å². The Morgan fingerprint density at radius 2 is 2.05 bits per heavy atom. The molecule has 2 aromatic rings. The lowest BCUT2D eigenvalue weighted by Gasteiger charge is -2.11. The first-order valence-electron chi connectivity index (χ1n) is 5.91. The van der Waals surface area contributed by atoms with Gasteiger partial charge in [0.15, 0.2) is 17.3 Å². The van der Waals surface area contributed by atoms with Gasteiger partial charge in [-0.15, -0.1) is 10.2 Å². The number of hydrogen-bond donors (Lipinski definition) is 1. The molecule has 0 saturated carbocycles. The predicted molar refractivity (Wildman–Crippen MR) is 69.0 cm³/mol. The molecule has 6 nitrogen and oxygen atoms in total. The fourth-order valence-electron chi connectivity index (χ4n) is 1.65. The van der Waals surface area contributed by atoms with Crippen molar-refractivity contribution in [2.45, 2.75) is 20.1 Å². The summed E-state index contributed by atoms with van der Waals surface area (Å²) in [5.74, 6) is 2.78. The molecule has 6 heteroatoms. The molecule has 19 heavy (non-hydrogen) atoms. The quantitative estimate of drug-likeness (QED) is 0.878. The Balaban J connectivity index is 2.13. The normalized spacial score (nSPS) is 10.5. The molecule has 102 valence electrons. The van der Waals surface area contributed by atoms with Gasteiger partial charge in [0, 0.05) is 7.05 Å². The smallest absolute Gasteiger partial charge is 0.170 e. The molecule has 0 radical (unpaired) electrons. The summed E-state index contributed by atoms with van der Waals surface area (Å²) in [4.78, 5) is 0. The zero-order valence-electron chi connectivity index (χ0n) is 11.3. The highest BCUT2D eigenvalue weighted by atomic mass is 16.5. The zero-order valence-corrected chi connectivity index (χ0v) is 11.3. The van der Waals surface area contributed by atoms with Crippen LogP contribution in [0.3, 0.4) is 0 Å². The number of aliphatic hydroxyl groups excluding tert-OH is 1. The van der Waals surface area contributed by atoms with Crippen LogP contribution in [0.5, 0.6) is 11.5 Å². The van der Waals surface area contributed by atoms with E-state index in [2.05, 4.69) is 10.2 Å². The number of aromatic nitrogens is 3. The number of hydrogen-bond acceptors (Lipinski definition) is 5. The number of benzene rings is 1. The highest BCUT2D eigenvalue weighted by molar-refractivity contribution is 5.42. The Bertz CT molecular complexity index is 566. The van der Waals surface area contributed by atoms with Crippen molar-refractivity contribution >= 4 is 0 Å². The van der Waals surface area contributed by atoms with E-state index in [1.807, 2.05) is 18.5 Å². The molecule has 0 aliphatic heterocycles. The molecule has 1 heterocycles. The maximum atomic E-state index is 9.08. The van der Waals surface area contributed by atoms with Crippen LogP contribution >= 0.6 is 0 Å². The molecular weight excluding hydrogens is 246 g/mol. The Hall–Kier alpha value is -2.08. The number of aryl methyl sites for hydroxylation is 1. The molecule has 2 rings (SSSR count). The van der Waals surface area contributed by atoms with Crippen LogP contribution < -0.4 is 9.47 Å². The molecule has 0 spiro atoms. The zero-order chi connectivity index (χ0) is 13.8. The van der Waals surface area contributed by atoms with E-state index in [0.717, 1.165) is 17.2 Å². The van der Waals surface area contributed by atoms with E-state index in [1.54, 1.807) is 25.3 Å². The minimum atomic E-state index is -0.0286. The topological polar surface area (TPSA) is 69.4 Å². The lowest BCUT2D eigenvalue weighted by atomic mass is 10.2. The van der Waals surface area contributed by atoms with Gasteiger partial charge >= 0.3 is 0 Å². The number of ether oxygens (including phenoxy) is 2. The van der Waals surface area contributed by atoms with Gasteiger partial charge < -0.3 is 19.1 Å². The van der Waals surface area contributed by atoms with Crippen LogP contribution in [-0.2, 0) is 20.3 Å². The lowest BCUT2D eigenvalue weighted by Crippen LogP contribution is -2.05. The molecule has 0 bridgehead atoms. The second-order valence-electron chi connectivity index (χ2n) is 4.15. The third-order valence-electron chi connectivity index (χ3n) is 2.95. The molecule has 0 atom stereocenters. The largest absolute Gasteiger partial charge is 0.493 e. The van der Waals surface area contributed by atoms with Crippen LogP contribution in [-0.4, -0.2) is 27.0 Å². The molecular formula is C13H17N3O3. The van der Waals surface area contributed by atoms with E-state index in [0.29, 0.717) is 18.1 Å². The van der Waals surface area contributed by atoms with Crippen molar-refractivity contribution in [1.82, 2.24) is 14.8 Å². The van der Waals surface area contributed by atoms with Gasteiger partial charge in [-0.1, -0.05) is 6.07 Å². The van der Waals surface area contributed by atoms with E-state index in [1.165, 1.54) is 0 Å². The van der Waals surface area contributed by atoms with Crippen molar-refractivity contribution in [1.29, 1.82) is 0 Å². The van der Waals surface area contributed by atoms with E-state index in [4.69, 9.17) is 14.6 Å². The molecule has 0 aliphatic rings. The summed E-state index contributed by atoms with van der Waals surface area (Å²) in [5.41, 5.74) is 0.777. The number of rotatable bonds is 5. The van der Waals surface area contributed by atoms with Crippen LogP contribution in [0, 0.1) is 6.92 Å². The summed E-state index contributed by atoms with van der Waals surface area (Å²) in [6.45, 7) is 2.17. The van der Waals surface area contributed by atoms with Crippen molar-refractivity contribution in [2.24, 2.45) is 7.05 Å². The molecule has 0 saturated heterocycles. The van der Waals surface area contributed by atoms with Crippen LogP contribution in [0.2, 0.25) is 0 Å². The lowest BCUT2D eigenvalue weighted by molar-refractivity contribution is 0.267. The predicted octanol–water partition coefficient (Wildman–Crippen LogP) is 1.20. The average Bonchev–Trinajstić information content (AvgIpc) is 2.76. The summed E-state index contributed by atoms with van der Waals surface area (Å²) in [6, 6.07) is 5.31. The first kappa shape index (κ1) is 13.4. The van der Waals surface area contributed by atoms with Gasteiger partial charge in [-0.25, -0.2) is 0 Å². The maximum absolute atomic E-state index is 9.08. The second-order valence-corrected chi connectivity index (χ2v) is 4.15. The molecule has 0 amide bonds.